The number of fused-ring (bicyclic) bond motifs is 1. The Balaban J connectivity index is 2.10. The Morgan fingerprint density at radius 2 is 1.66 bits per heavy atom. The fraction of sp³-hybridized carbons (Fsp3) is 0.381. The van der Waals surface area contributed by atoms with Gasteiger partial charge in [0.05, 0.1) is 23.4 Å². The summed E-state index contributed by atoms with van der Waals surface area (Å²) in [5.41, 5.74) is -1.19. The van der Waals surface area contributed by atoms with Gasteiger partial charge >= 0.3 is 6.36 Å². The van der Waals surface area contributed by atoms with Crippen molar-refractivity contribution >= 4 is 23.0 Å². The molecule has 3 aromatic rings. The van der Waals surface area contributed by atoms with E-state index in [4.69, 9.17) is 0 Å². The molecule has 1 amide bonds. The number of halogens is 3. The lowest BCUT2D eigenvalue weighted by Gasteiger charge is -2.18. The minimum absolute atomic E-state index is 0.0548. The van der Waals surface area contributed by atoms with Crippen molar-refractivity contribution in [3.63, 3.8) is 0 Å². The van der Waals surface area contributed by atoms with Gasteiger partial charge in [-0.1, -0.05) is 0 Å². The van der Waals surface area contributed by atoms with Crippen LogP contribution in [0.3, 0.4) is 0 Å². The topological polar surface area (TPSA) is 110 Å². The highest BCUT2D eigenvalue weighted by Gasteiger charge is 2.31. The molecular formula is C21H23F3N4O4. The summed E-state index contributed by atoms with van der Waals surface area (Å²) in [7, 11) is 0. The van der Waals surface area contributed by atoms with Crippen LogP contribution in [0.4, 0.5) is 19.1 Å². The molecule has 2 aromatic heterocycles. The molecule has 2 heterocycles. The van der Waals surface area contributed by atoms with E-state index in [1.165, 1.54) is 30.5 Å². The van der Waals surface area contributed by atoms with Crippen molar-refractivity contribution in [2.75, 3.05) is 5.32 Å². The Hall–Kier alpha value is -3.18. The molecule has 0 bridgehead atoms. The summed E-state index contributed by atoms with van der Waals surface area (Å²) in [6.45, 7) is 6.06. The van der Waals surface area contributed by atoms with Crippen LogP contribution in [0.5, 0.6) is 5.75 Å². The van der Waals surface area contributed by atoms with Crippen molar-refractivity contribution in [1.82, 2.24) is 14.5 Å². The highest BCUT2D eigenvalue weighted by molar-refractivity contribution is 5.92. The van der Waals surface area contributed by atoms with E-state index >= 15 is 0 Å². The average molecular weight is 452 g/mol. The molecule has 0 aliphatic heterocycles. The highest BCUT2D eigenvalue weighted by atomic mass is 19.4. The van der Waals surface area contributed by atoms with E-state index in [9.17, 15) is 28.2 Å². The second kappa shape index (κ2) is 8.06. The Morgan fingerprint density at radius 3 is 2.19 bits per heavy atom. The van der Waals surface area contributed by atoms with Crippen LogP contribution < -0.4 is 10.1 Å². The molecule has 172 valence electrons. The van der Waals surface area contributed by atoms with Gasteiger partial charge in [0.25, 0.3) is 0 Å². The number of aliphatic hydroxyl groups is 2. The van der Waals surface area contributed by atoms with Gasteiger partial charge in [-0.3, -0.25) is 14.7 Å². The van der Waals surface area contributed by atoms with Crippen molar-refractivity contribution < 1.29 is 32.9 Å². The van der Waals surface area contributed by atoms with E-state index in [-0.39, 0.29) is 18.0 Å². The van der Waals surface area contributed by atoms with Crippen molar-refractivity contribution in [3.8, 4) is 11.4 Å². The lowest BCUT2D eigenvalue weighted by Crippen LogP contribution is -2.28. The SMILES string of the molecule is CC(C)(O)CC(=O)Nc1nc2ccc(C(C)(C)O)nc2n1-c1ccc(OC(F)(F)F)cc1. The van der Waals surface area contributed by atoms with Gasteiger partial charge in [0, 0.05) is 0 Å². The van der Waals surface area contributed by atoms with Gasteiger partial charge in [-0.05, 0) is 64.1 Å². The molecule has 3 N–H and O–H groups in total. The van der Waals surface area contributed by atoms with Crippen LogP contribution in [0.25, 0.3) is 16.9 Å². The quantitative estimate of drug-likeness (QED) is 0.527. The van der Waals surface area contributed by atoms with Gasteiger partial charge in [-0.2, -0.15) is 0 Å². The molecule has 3 rings (SSSR count). The maximum Gasteiger partial charge on any atom is 0.573 e. The first kappa shape index (κ1) is 23.5. The van der Waals surface area contributed by atoms with Crippen LogP contribution in [-0.2, 0) is 10.4 Å². The largest absolute Gasteiger partial charge is 0.573 e. The second-order valence-electron chi connectivity index (χ2n) is 8.45. The van der Waals surface area contributed by atoms with E-state index in [0.717, 1.165) is 12.1 Å². The third kappa shape index (κ3) is 5.74. The number of rotatable bonds is 6. The first-order chi connectivity index (χ1) is 14.6. The molecule has 0 saturated carbocycles. The molecule has 11 heteroatoms. The molecule has 32 heavy (non-hydrogen) atoms. The maximum atomic E-state index is 12.5. The minimum atomic E-state index is -4.83. The number of nitrogens with one attached hydrogen (secondary N) is 1. The third-order valence-corrected chi connectivity index (χ3v) is 4.30. The van der Waals surface area contributed by atoms with Crippen LogP contribution in [0.15, 0.2) is 36.4 Å². The third-order valence-electron chi connectivity index (χ3n) is 4.30. The van der Waals surface area contributed by atoms with Gasteiger partial charge in [-0.15, -0.1) is 13.2 Å². The van der Waals surface area contributed by atoms with Crippen molar-refractivity contribution in [2.45, 2.75) is 51.7 Å². The number of anilines is 1. The monoisotopic (exact) mass is 452 g/mol. The summed E-state index contributed by atoms with van der Waals surface area (Å²) < 4.78 is 42.8. The number of alkyl halides is 3. The van der Waals surface area contributed by atoms with Crippen molar-refractivity contribution in [3.05, 3.63) is 42.1 Å². The molecule has 0 fully saturated rings. The van der Waals surface area contributed by atoms with E-state index in [0.29, 0.717) is 16.9 Å². The lowest BCUT2D eigenvalue weighted by atomic mass is 10.1. The molecule has 0 aliphatic carbocycles. The number of carbonyl (C=O) groups is 1. The number of ether oxygens (including phenoxy) is 1. The maximum absolute atomic E-state index is 12.5. The summed E-state index contributed by atoms with van der Waals surface area (Å²) in [5.74, 6) is -0.878. The fourth-order valence-corrected chi connectivity index (χ4v) is 2.99. The van der Waals surface area contributed by atoms with Gasteiger partial charge in [0.15, 0.2) is 5.65 Å². The Morgan fingerprint density at radius 1 is 1.03 bits per heavy atom. The summed E-state index contributed by atoms with van der Waals surface area (Å²) in [6.07, 6.45) is -5.04. The molecule has 0 atom stereocenters. The lowest BCUT2D eigenvalue weighted by molar-refractivity contribution is -0.274. The van der Waals surface area contributed by atoms with Gasteiger partial charge < -0.3 is 14.9 Å². The Kier molecular flexibility index (Phi) is 5.92. The van der Waals surface area contributed by atoms with Crippen LogP contribution in [0, 0.1) is 0 Å². The predicted octanol–water partition coefficient (Wildman–Crippen LogP) is 3.65. The molecular weight excluding hydrogens is 429 g/mol. The summed E-state index contributed by atoms with van der Waals surface area (Å²) in [4.78, 5) is 21.2. The van der Waals surface area contributed by atoms with E-state index in [2.05, 4.69) is 20.0 Å². The summed E-state index contributed by atoms with van der Waals surface area (Å²) in [6, 6.07) is 8.15. The molecule has 0 spiro atoms. The number of amides is 1. The van der Waals surface area contributed by atoms with E-state index < -0.39 is 29.2 Å². The molecule has 0 unspecified atom stereocenters. The zero-order valence-electron chi connectivity index (χ0n) is 17.9. The number of hydrogen-bond donors (Lipinski definition) is 3. The molecule has 0 radical (unpaired) electrons. The zero-order valence-corrected chi connectivity index (χ0v) is 17.9. The van der Waals surface area contributed by atoms with Crippen LogP contribution in [0.1, 0.15) is 39.8 Å². The van der Waals surface area contributed by atoms with Gasteiger partial charge in [-0.25, -0.2) is 9.97 Å². The number of aromatic nitrogens is 3. The standard InChI is InChI=1S/C21H23F3N4O4/c1-19(2,30)11-16(29)27-18-25-14-9-10-15(20(3,4)31)26-17(14)28(18)12-5-7-13(8-6-12)32-21(22,23)24/h5-10,30-31H,11H2,1-4H3,(H,25,27,29). The minimum Gasteiger partial charge on any atom is -0.406 e. The number of hydrogen-bond acceptors (Lipinski definition) is 6. The van der Waals surface area contributed by atoms with Crippen LogP contribution in [-0.4, -0.2) is 42.6 Å². The summed E-state index contributed by atoms with van der Waals surface area (Å²) in [5, 5.41) is 22.8. The highest BCUT2D eigenvalue weighted by Crippen LogP contribution is 2.29. The Labute approximate surface area is 181 Å². The van der Waals surface area contributed by atoms with Crippen molar-refractivity contribution in [1.29, 1.82) is 0 Å². The predicted molar refractivity (Wildman–Crippen MR) is 110 cm³/mol. The number of nitrogens with zero attached hydrogens (tertiary/aromatic N) is 3. The van der Waals surface area contributed by atoms with Crippen LogP contribution in [0.2, 0.25) is 0 Å². The van der Waals surface area contributed by atoms with Crippen LogP contribution >= 0.6 is 0 Å². The Bertz CT molecular complexity index is 1130. The van der Waals surface area contributed by atoms with Crippen molar-refractivity contribution in [2.24, 2.45) is 0 Å². The van der Waals surface area contributed by atoms with Gasteiger partial charge in [0.2, 0.25) is 11.9 Å². The number of carbonyl (C=O) groups excluding carboxylic acids is 1. The molecule has 0 saturated heterocycles. The summed E-state index contributed by atoms with van der Waals surface area (Å²) >= 11 is 0. The smallest absolute Gasteiger partial charge is 0.406 e. The zero-order chi connectivity index (χ0) is 23.9. The number of imidazole rings is 1. The normalized spacial score (nSPS) is 12.8. The molecule has 0 aliphatic rings. The van der Waals surface area contributed by atoms with E-state index in [1.54, 1.807) is 26.0 Å². The number of benzene rings is 1. The fourth-order valence-electron chi connectivity index (χ4n) is 2.99. The van der Waals surface area contributed by atoms with E-state index in [1.807, 2.05) is 0 Å². The second-order valence-corrected chi connectivity index (χ2v) is 8.45. The first-order valence-electron chi connectivity index (χ1n) is 9.63. The number of pyridine rings is 1. The first-order valence-corrected chi connectivity index (χ1v) is 9.63. The molecule has 1 aromatic carbocycles. The average Bonchev–Trinajstić information content (AvgIpc) is 2.95. The van der Waals surface area contributed by atoms with Gasteiger partial charge in [0.1, 0.15) is 16.9 Å². The molecule has 8 nitrogen and oxygen atoms in total.